The van der Waals surface area contributed by atoms with Crippen molar-refractivity contribution in [1.29, 1.82) is 0 Å². The monoisotopic (exact) mass is 427 g/mol. The molecular weight excluding hydrogens is 406 g/mol. The molecule has 0 aliphatic heterocycles. The van der Waals surface area contributed by atoms with Crippen molar-refractivity contribution in [2.24, 2.45) is 0 Å². The molecule has 0 unspecified atom stereocenters. The smallest absolute Gasteiger partial charge is 0.0541 e. The number of nitrogens with zero attached hydrogens (tertiary/aromatic N) is 1. The normalized spacial score (nSPS) is 14.1. The summed E-state index contributed by atoms with van der Waals surface area (Å²) in [5, 5.41) is 5.31. The van der Waals surface area contributed by atoms with Crippen molar-refractivity contribution in [1.82, 2.24) is 4.57 Å². The zero-order chi connectivity index (χ0) is 21.1. The lowest BCUT2D eigenvalue weighted by atomic mass is 9.96. The summed E-state index contributed by atoms with van der Waals surface area (Å²) in [5.74, 6) is 0. The largest absolute Gasteiger partial charge is 0.309 e. The summed E-state index contributed by atoms with van der Waals surface area (Å²) in [4.78, 5) is 0. The van der Waals surface area contributed by atoms with Gasteiger partial charge in [0.25, 0.3) is 0 Å². The molecule has 6 aromatic rings. The first-order valence-electron chi connectivity index (χ1n) is 11.2. The van der Waals surface area contributed by atoms with Crippen LogP contribution in [0, 0.1) is 0 Å². The number of para-hydroxylation sites is 2. The minimum absolute atomic E-state index is 1.12. The maximum Gasteiger partial charge on any atom is 0.0541 e. The van der Waals surface area contributed by atoms with Crippen molar-refractivity contribution in [2.75, 3.05) is 0 Å². The van der Waals surface area contributed by atoms with Gasteiger partial charge in [-0.2, -0.15) is 0 Å². The maximum atomic E-state index is 2.41. The summed E-state index contributed by atoms with van der Waals surface area (Å²) in [7, 11) is 0. The molecule has 0 spiro atoms. The first kappa shape index (κ1) is 18.0. The molecule has 0 amide bonds. The van der Waals surface area contributed by atoms with Gasteiger partial charge in [0.1, 0.15) is 0 Å². The number of hydrogen-bond acceptors (Lipinski definition) is 1. The highest BCUT2D eigenvalue weighted by molar-refractivity contribution is 7.25. The molecule has 0 atom stereocenters. The first-order valence-corrected chi connectivity index (χ1v) is 12.0. The third-order valence-corrected chi connectivity index (χ3v) is 7.83. The van der Waals surface area contributed by atoms with E-state index in [4.69, 9.17) is 0 Å². The van der Waals surface area contributed by atoms with Gasteiger partial charge < -0.3 is 4.57 Å². The predicted octanol–water partition coefficient (Wildman–Crippen LogP) is 8.88. The second kappa shape index (κ2) is 6.94. The summed E-state index contributed by atoms with van der Waals surface area (Å²) < 4.78 is 5.11. The van der Waals surface area contributed by atoms with Crippen molar-refractivity contribution in [3.8, 4) is 5.69 Å². The molecule has 1 aliphatic carbocycles. The number of thiophene rings is 1. The Labute approximate surface area is 190 Å². The Kier molecular flexibility index (Phi) is 3.91. The van der Waals surface area contributed by atoms with E-state index in [9.17, 15) is 0 Å². The Bertz CT molecular complexity index is 1670. The zero-order valence-corrected chi connectivity index (χ0v) is 18.4. The van der Waals surface area contributed by atoms with Crippen LogP contribution in [-0.2, 0) is 0 Å². The number of hydrogen-bond donors (Lipinski definition) is 0. The molecule has 0 saturated heterocycles. The predicted molar refractivity (Wildman–Crippen MR) is 140 cm³/mol. The molecule has 152 valence electrons. The van der Waals surface area contributed by atoms with Crippen molar-refractivity contribution < 1.29 is 0 Å². The fourth-order valence-electron chi connectivity index (χ4n) is 5.15. The molecule has 0 N–H and O–H groups in total. The topological polar surface area (TPSA) is 4.93 Å². The summed E-state index contributed by atoms with van der Waals surface area (Å²) in [6.45, 7) is 0. The van der Waals surface area contributed by atoms with Crippen molar-refractivity contribution in [3.63, 3.8) is 0 Å². The van der Waals surface area contributed by atoms with E-state index in [1.807, 2.05) is 11.3 Å². The van der Waals surface area contributed by atoms with E-state index in [0.717, 1.165) is 12.8 Å². The lowest BCUT2D eigenvalue weighted by Gasteiger charge is -2.10. The highest BCUT2D eigenvalue weighted by atomic mass is 32.1. The van der Waals surface area contributed by atoms with Gasteiger partial charge in [-0.05, 0) is 66.4 Å². The van der Waals surface area contributed by atoms with E-state index >= 15 is 0 Å². The standard InChI is InChI=1S/C30H21NS/c1-2-8-20(9-3-1)21-14-16-29-25(18-21)26-19-22(15-17-30(26)32-29)31-27-12-6-4-10-23(27)24-11-5-7-13-28(24)31/h1-2,4-8,10-19H,3,9H2. The molecule has 0 bridgehead atoms. The van der Waals surface area contributed by atoms with Crippen molar-refractivity contribution in [3.05, 3.63) is 109 Å². The van der Waals surface area contributed by atoms with Crippen molar-refractivity contribution >= 4 is 58.9 Å². The summed E-state index contributed by atoms with van der Waals surface area (Å²) in [6.07, 6.45) is 8.96. The number of fused-ring (bicyclic) bond motifs is 6. The maximum absolute atomic E-state index is 2.41. The molecule has 1 aliphatic rings. The second-order valence-electron chi connectivity index (χ2n) is 8.52. The van der Waals surface area contributed by atoms with E-state index in [1.54, 1.807) is 0 Å². The van der Waals surface area contributed by atoms with Crippen LogP contribution in [0.1, 0.15) is 18.4 Å². The van der Waals surface area contributed by atoms with Crippen LogP contribution >= 0.6 is 11.3 Å². The van der Waals surface area contributed by atoms with Gasteiger partial charge in [-0.25, -0.2) is 0 Å². The highest BCUT2D eigenvalue weighted by Gasteiger charge is 2.14. The summed E-state index contributed by atoms with van der Waals surface area (Å²) in [5.41, 5.74) is 6.52. The lowest BCUT2D eigenvalue weighted by molar-refractivity contribution is 1.05. The molecule has 0 saturated carbocycles. The Morgan fingerprint density at radius 1 is 0.656 bits per heavy atom. The molecular formula is C30H21NS. The number of rotatable bonds is 2. The van der Waals surface area contributed by atoms with E-state index in [0.29, 0.717) is 0 Å². The van der Waals surface area contributed by atoms with Crippen LogP contribution in [0.4, 0.5) is 0 Å². The minimum Gasteiger partial charge on any atom is -0.309 e. The average Bonchev–Trinajstić information content (AvgIpc) is 3.39. The van der Waals surface area contributed by atoms with Gasteiger partial charge in [-0.3, -0.25) is 0 Å². The van der Waals surface area contributed by atoms with E-state index in [-0.39, 0.29) is 0 Å². The quantitative estimate of drug-likeness (QED) is 0.260. The van der Waals surface area contributed by atoms with Gasteiger partial charge in [0, 0.05) is 36.6 Å². The van der Waals surface area contributed by atoms with Gasteiger partial charge in [0.15, 0.2) is 0 Å². The number of allylic oxidation sites excluding steroid dienone is 4. The van der Waals surface area contributed by atoms with E-state index < -0.39 is 0 Å². The number of benzene rings is 4. The van der Waals surface area contributed by atoms with Gasteiger partial charge in [-0.1, -0.05) is 60.7 Å². The molecule has 2 heterocycles. The Balaban J connectivity index is 1.50. The Hall–Kier alpha value is -3.62. The van der Waals surface area contributed by atoms with Crippen LogP contribution in [-0.4, -0.2) is 4.57 Å². The van der Waals surface area contributed by atoms with Crippen LogP contribution in [0.5, 0.6) is 0 Å². The number of aromatic nitrogens is 1. The molecule has 2 heteroatoms. The van der Waals surface area contributed by atoms with Crippen LogP contribution in [0.15, 0.2) is 103 Å². The minimum atomic E-state index is 1.12. The Morgan fingerprint density at radius 3 is 2.06 bits per heavy atom. The molecule has 7 rings (SSSR count). The van der Waals surface area contributed by atoms with Gasteiger partial charge in [-0.15, -0.1) is 11.3 Å². The van der Waals surface area contributed by atoms with Crippen LogP contribution in [0.2, 0.25) is 0 Å². The van der Waals surface area contributed by atoms with Crippen LogP contribution in [0.25, 0.3) is 53.2 Å². The second-order valence-corrected chi connectivity index (χ2v) is 9.61. The van der Waals surface area contributed by atoms with Crippen molar-refractivity contribution in [2.45, 2.75) is 12.8 Å². The molecule has 32 heavy (non-hydrogen) atoms. The average molecular weight is 428 g/mol. The first-order chi connectivity index (χ1) is 15.9. The molecule has 1 nitrogen and oxygen atoms in total. The van der Waals surface area contributed by atoms with Gasteiger partial charge in [0.2, 0.25) is 0 Å². The van der Waals surface area contributed by atoms with E-state index in [1.165, 1.54) is 58.8 Å². The fraction of sp³-hybridized carbons (Fsp3) is 0.0667. The molecule has 4 aromatic carbocycles. The highest BCUT2D eigenvalue weighted by Crippen LogP contribution is 2.39. The molecule has 0 fully saturated rings. The lowest BCUT2D eigenvalue weighted by Crippen LogP contribution is -1.93. The fourth-order valence-corrected chi connectivity index (χ4v) is 6.21. The van der Waals surface area contributed by atoms with Crippen LogP contribution in [0.3, 0.4) is 0 Å². The molecule has 0 radical (unpaired) electrons. The third kappa shape index (κ3) is 2.63. The van der Waals surface area contributed by atoms with Gasteiger partial charge in [0.05, 0.1) is 11.0 Å². The summed E-state index contributed by atoms with van der Waals surface area (Å²) >= 11 is 1.89. The Morgan fingerprint density at radius 2 is 1.34 bits per heavy atom. The van der Waals surface area contributed by atoms with E-state index in [2.05, 4.69) is 108 Å². The SMILES string of the molecule is C1=CCCC(c2ccc3sc4ccc(-n5c6ccccc6c6ccccc65)cc4c3c2)=C1. The zero-order valence-electron chi connectivity index (χ0n) is 17.6. The molecule has 2 aromatic heterocycles. The third-order valence-electron chi connectivity index (χ3n) is 6.68. The van der Waals surface area contributed by atoms with Gasteiger partial charge >= 0.3 is 0 Å². The summed E-state index contributed by atoms with van der Waals surface area (Å²) in [6, 6.07) is 31.4. The van der Waals surface area contributed by atoms with Crippen LogP contribution < -0.4 is 0 Å².